The maximum absolute atomic E-state index is 11.3. The third kappa shape index (κ3) is 1.03. The van der Waals surface area contributed by atoms with Gasteiger partial charge in [-0.05, 0) is 11.6 Å². The van der Waals surface area contributed by atoms with E-state index in [1.165, 1.54) is 0 Å². The molecule has 0 saturated heterocycles. The number of aliphatic carboxylic acids is 2. The van der Waals surface area contributed by atoms with Crippen LogP contribution in [0.2, 0.25) is 0 Å². The van der Waals surface area contributed by atoms with E-state index in [0.717, 1.165) is 0 Å². The minimum Gasteiger partial charge on any atom is -0.493 e. The standard InChI is InChI=1S/C12H10O5/c13-10(14)12(11(15)16)7-5-17-8-4-2-1-3-6(8)9(7)12/h1-4,7,9H,5H2,(H,13,14)(H,15,16)/t7-,9+/m0/s1. The van der Waals surface area contributed by atoms with Gasteiger partial charge >= 0.3 is 11.9 Å². The van der Waals surface area contributed by atoms with Crippen LogP contribution in [-0.2, 0) is 9.59 Å². The van der Waals surface area contributed by atoms with E-state index in [1.807, 2.05) is 0 Å². The first-order valence-electron chi connectivity index (χ1n) is 5.28. The molecule has 2 aliphatic rings. The van der Waals surface area contributed by atoms with E-state index in [9.17, 15) is 19.8 Å². The zero-order chi connectivity index (χ0) is 12.2. The molecule has 1 fully saturated rings. The van der Waals surface area contributed by atoms with Gasteiger partial charge in [0.2, 0.25) is 0 Å². The van der Waals surface area contributed by atoms with E-state index in [4.69, 9.17) is 4.74 Å². The van der Waals surface area contributed by atoms with Crippen LogP contribution in [0.1, 0.15) is 11.5 Å². The Morgan fingerprint density at radius 3 is 2.53 bits per heavy atom. The van der Waals surface area contributed by atoms with Crippen LogP contribution in [0.4, 0.5) is 0 Å². The number of para-hydroxylation sites is 1. The second kappa shape index (κ2) is 3.00. The molecule has 0 unspecified atom stereocenters. The number of fused-ring (bicyclic) bond motifs is 3. The molecule has 1 aromatic carbocycles. The number of hydrogen-bond acceptors (Lipinski definition) is 3. The van der Waals surface area contributed by atoms with Gasteiger partial charge in [-0.25, -0.2) is 0 Å². The van der Waals surface area contributed by atoms with Gasteiger partial charge in [0.05, 0.1) is 6.61 Å². The fourth-order valence-electron chi connectivity index (χ4n) is 2.87. The zero-order valence-corrected chi connectivity index (χ0v) is 8.79. The van der Waals surface area contributed by atoms with Crippen LogP contribution in [-0.4, -0.2) is 28.8 Å². The number of benzene rings is 1. The first-order chi connectivity index (χ1) is 8.10. The molecule has 88 valence electrons. The summed E-state index contributed by atoms with van der Waals surface area (Å²) in [5, 5.41) is 18.4. The van der Waals surface area contributed by atoms with Crippen molar-refractivity contribution >= 4 is 11.9 Å². The molecule has 17 heavy (non-hydrogen) atoms. The molecule has 5 heteroatoms. The highest BCUT2D eigenvalue weighted by Crippen LogP contribution is 2.68. The number of hydrogen-bond donors (Lipinski definition) is 2. The summed E-state index contributed by atoms with van der Waals surface area (Å²) in [6.07, 6.45) is 0. The quantitative estimate of drug-likeness (QED) is 0.744. The number of carboxylic acids is 2. The highest BCUT2D eigenvalue weighted by molar-refractivity contribution is 6.04. The Bertz CT molecular complexity index is 507. The van der Waals surface area contributed by atoms with Crippen molar-refractivity contribution in [3.8, 4) is 5.75 Å². The molecule has 1 aliphatic carbocycles. The van der Waals surface area contributed by atoms with Crippen LogP contribution < -0.4 is 4.74 Å². The second-order valence-corrected chi connectivity index (χ2v) is 4.41. The third-order valence-electron chi connectivity index (χ3n) is 3.75. The van der Waals surface area contributed by atoms with Crippen molar-refractivity contribution in [3.05, 3.63) is 29.8 Å². The topological polar surface area (TPSA) is 83.8 Å². The smallest absolute Gasteiger partial charge is 0.322 e. The largest absolute Gasteiger partial charge is 0.493 e. The van der Waals surface area contributed by atoms with E-state index >= 15 is 0 Å². The average Bonchev–Trinajstić information content (AvgIpc) is 2.99. The monoisotopic (exact) mass is 234 g/mol. The van der Waals surface area contributed by atoms with Crippen molar-refractivity contribution in [1.29, 1.82) is 0 Å². The third-order valence-corrected chi connectivity index (χ3v) is 3.75. The summed E-state index contributed by atoms with van der Waals surface area (Å²) in [5.41, 5.74) is -1.01. The van der Waals surface area contributed by atoms with Crippen molar-refractivity contribution < 1.29 is 24.5 Å². The zero-order valence-electron chi connectivity index (χ0n) is 8.79. The van der Waals surface area contributed by atoms with E-state index in [2.05, 4.69) is 0 Å². The predicted molar refractivity (Wildman–Crippen MR) is 55.9 cm³/mol. The molecule has 2 atom stereocenters. The van der Waals surface area contributed by atoms with Gasteiger partial charge in [-0.3, -0.25) is 9.59 Å². The van der Waals surface area contributed by atoms with Crippen molar-refractivity contribution in [2.75, 3.05) is 6.61 Å². The van der Waals surface area contributed by atoms with Gasteiger partial charge in [-0.2, -0.15) is 0 Å². The summed E-state index contributed by atoms with van der Waals surface area (Å²) in [5.74, 6) is -2.89. The van der Waals surface area contributed by atoms with Gasteiger partial charge in [-0.1, -0.05) is 18.2 Å². The summed E-state index contributed by atoms with van der Waals surface area (Å²) in [4.78, 5) is 22.5. The van der Waals surface area contributed by atoms with Crippen LogP contribution in [0, 0.1) is 11.3 Å². The summed E-state index contributed by atoms with van der Waals surface area (Å²) < 4.78 is 5.41. The molecule has 2 N–H and O–H groups in total. The maximum atomic E-state index is 11.3. The van der Waals surface area contributed by atoms with Gasteiger partial charge < -0.3 is 14.9 Å². The fraction of sp³-hybridized carbons (Fsp3) is 0.333. The van der Waals surface area contributed by atoms with E-state index in [-0.39, 0.29) is 6.61 Å². The van der Waals surface area contributed by atoms with Crippen LogP contribution in [0.3, 0.4) is 0 Å². The first-order valence-corrected chi connectivity index (χ1v) is 5.28. The lowest BCUT2D eigenvalue weighted by atomic mass is 9.99. The Kier molecular flexibility index (Phi) is 1.79. The molecular weight excluding hydrogens is 224 g/mol. The molecule has 1 saturated carbocycles. The Morgan fingerprint density at radius 1 is 1.24 bits per heavy atom. The van der Waals surface area contributed by atoms with Gasteiger partial charge in [0.1, 0.15) is 5.75 Å². The van der Waals surface area contributed by atoms with Gasteiger partial charge in [0, 0.05) is 11.8 Å². The molecule has 0 bridgehead atoms. The lowest BCUT2D eigenvalue weighted by Gasteiger charge is -2.14. The fourth-order valence-corrected chi connectivity index (χ4v) is 2.87. The predicted octanol–water partition coefficient (Wildman–Crippen LogP) is 0.948. The van der Waals surface area contributed by atoms with Crippen molar-refractivity contribution in [1.82, 2.24) is 0 Å². The molecule has 0 spiro atoms. The minimum absolute atomic E-state index is 0.153. The lowest BCUT2D eigenvalue weighted by molar-refractivity contribution is -0.158. The molecule has 1 aromatic rings. The Morgan fingerprint density at radius 2 is 1.88 bits per heavy atom. The summed E-state index contributed by atoms with van der Waals surface area (Å²) in [6, 6.07) is 7.01. The molecule has 1 aliphatic heterocycles. The van der Waals surface area contributed by atoms with Gasteiger partial charge in [-0.15, -0.1) is 0 Å². The maximum Gasteiger partial charge on any atom is 0.322 e. The highest BCUT2D eigenvalue weighted by Gasteiger charge is 2.77. The lowest BCUT2D eigenvalue weighted by Crippen LogP contribution is -2.29. The van der Waals surface area contributed by atoms with Crippen LogP contribution in [0.25, 0.3) is 0 Å². The minimum atomic E-state index is -1.70. The van der Waals surface area contributed by atoms with Gasteiger partial charge in [0.25, 0.3) is 0 Å². The molecule has 5 nitrogen and oxygen atoms in total. The summed E-state index contributed by atoms with van der Waals surface area (Å²) in [6.45, 7) is 0.153. The molecular formula is C12H10O5. The molecule has 0 amide bonds. The van der Waals surface area contributed by atoms with Crippen molar-refractivity contribution in [3.63, 3.8) is 0 Å². The summed E-state index contributed by atoms with van der Waals surface area (Å²) >= 11 is 0. The number of ether oxygens (including phenoxy) is 1. The number of carbonyl (C=O) groups is 2. The first kappa shape index (κ1) is 10.1. The van der Waals surface area contributed by atoms with Gasteiger partial charge in [0.15, 0.2) is 5.41 Å². The van der Waals surface area contributed by atoms with Crippen LogP contribution in [0.5, 0.6) is 5.75 Å². The molecule has 0 radical (unpaired) electrons. The van der Waals surface area contributed by atoms with Crippen LogP contribution >= 0.6 is 0 Å². The van der Waals surface area contributed by atoms with Crippen molar-refractivity contribution in [2.24, 2.45) is 11.3 Å². The van der Waals surface area contributed by atoms with E-state index < -0.39 is 29.2 Å². The van der Waals surface area contributed by atoms with Crippen LogP contribution in [0.15, 0.2) is 24.3 Å². The van der Waals surface area contributed by atoms with E-state index in [0.29, 0.717) is 11.3 Å². The average molecular weight is 234 g/mol. The Labute approximate surface area is 96.6 Å². The number of rotatable bonds is 2. The van der Waals surface area contributed by atoms with E-state index in [1.54, 1.807) is 24.3 Å². The summed E-state index contributed by atoms with van der Waals surface area (Å²) in [7, 11) is 0. The molecule has 0 aromatic heterocycles. The normalized spacial score (nSPS) is 27.3. The Balaban J connectivity index is 2.12. The molecule has 1 heterocycles. The highest BCUT2D eigenvalue weighted by atomic mass is 16.5. The second-order valence-electron chi connectivity index (χ2n) is 4.41. The Hall–Kier alpha value is -2.04. The SMILES string of the molecule is O=C(O)C1(C(=O)O)[C@@H]2c3ccccc3OC[C@@H]21. The number of carboxylic acid groups (broad SMARTS) is 2. The molecule has 3 rings (SSSR count). The van der Waals surface area contributed by atoms with Crippen molar-refractivity contribution in [2.45, 2.75) is 5.92 Å².